The van der Waals surface area contributed by atoms with E-state index in [9.17, 15) is 0 Å². The number of nitrogen functional groups attached to an aromatic ring is 1. The Bertz CT molecular complexity index is 540. The Morgan fingerprint density at radius 3 is 2.47 bits per heavy atom. The van der Waals surface area contributed by atoms with Gasteiger partial charge >= 0.3 is 0 Å². The maximum atomic E-state index is 5.98. The first kappa shape index (κ1) is 13.3. The van der Waals surface area contributed by atoms with E-state index in [1.165, 1.54) is 5.56 Å². The SMILES string of the molecule is COc1ccccc1CCN(C)c1ccccc1N. The Morgan fingerprint density at radius 2 is 1.74 bits per heavy atom. The average molecular weight is 256 g/mol. The van der Waals surface area contributed by atoms with Crippen molar-refractivity contribution in [3.05, 3.63) is 54.1 Å². The van der Waals surface area contributed by atoms with Crippen LogP contribution >= 0.6 is 0 Å². The van der Waals surface area contributed by atoms with Crippen molar-refractivity contribution < 1.29 is 4.74 Å². The zero-order valence-electron chi connectivity index (χ0n) is 11.5. The van der Waals surface area contributed by atoms with E-state index in [4.69, 9.17) is 10.5 Å². The van der Waals surface area contributed by atoms with E-state index in [-0.39, 0.29) is 0 Å². The van der Waals surface area contributed by atoms with Gasteiger partial charge in [-0.1, -0.05) is 30.3 Å². The van der Waals surface area contributed by atoms with E-state index in [0.717, 1.165) is 30.1 Å². The van der Waals surface area contributed by atoms with Crippen molar-refractivity contribution >= 4 is 11.4 Å². The Hall–Kier alpha value is -2.16. The lowest BCUT2D eigenvalue weighted by atomic mass is 10.1. The zero-order chi connectivity index (χ0) is 13.7. The topological polar surface area (TPSA) is 38.5 Å². The number of hydrogen-bond donors (Lipinski definition) is 1. The van der Waals surface area contributed by atoms with Gasteiger partial charge in [-0.15, -0.1) is 0 Å². The minimum absolute atomic E-state index is 0.810. The highest BCUT2D eigenvalue weighted by Gasteiger charge is 2.06. The first-order chi connectivity index (χ1) is 9.22. The molecule has 0 spiro atoms. The average Bonchev–Trinajstić information content (AvgIpc) is 2.45. The summed E-state index contributed by atoms with van der Waals surface area (Å²) in [6.45, 7) is 0.897. The van der Waals surface area contributed by atoms with Crippen molar-refractivity contribution in [3.8, 4) is 5.75 Å². The van der Waals surface area contributed by atoms with Gasteiger partial charge in [-0.05, 0) is 30.2 Å². The Balaban J connectivity index is 2.04. The van der Waals surface area contributed by atoms with Crippen molar-refractivity contribution in [3.63, 3.8) is 0 Å². The molecule has 0 saturated heterocycles. The van der Waals surface area contributed by atoms with Gasteiger partial charge in [0.1, 0.15) is 5.75 Å². The highest BCUT2D eigenvalue weighted by Crippen LogP contribution is 2.23. The number of benzene rings is 2. The zero-order valence-corrected chi connectivity index (χ0v) is 11.5. The van der Waals surface area contributed by atoms with Gasteiger partial charge in [-0.25, -0.2) is 0 Å². The molecule has 0 unspecified atom stereocenters. The quantitative estimate of drug-likeness (QED) is 0.836. The van der Waals surface area contributed by atoms with Crippen LogP contribution < -0.4 is 15.4 Å². The third kappa shape index (κ3) is 3.19. The van der Waals surface area contributed by atoms with Crippen LogP contribution in [0.1, 0.15) is 5.56 Å². The monoisotopic (exact) mass is 256 g/mol. The van der Waals surface area contributed by atoms with E-state index in [1.807, 2.05) is 42.5 Å². The van der Waals surface area contributed by atoms with Gasteiger partial charge in [-0.3, -0.25) is 0 Å². The molecule has 0 aromatic heterocycles. The van der Waals surface area contributed by atoms with E-state index in [1.54, 1.807) is 7.11 Å². The minimum atomic E-state index is 0.810. The summed E-state index contributed by atoms with van der Waals surface area (Å²) < 4.78 is 5.36. The van der Waals surface area contributed by atoms with Crippen LogP contribution in [0.15, 0.2) is 48.5 Å². The molecular formula is C16H20N2O. The second kappa shape index (κ2) is 6.14. The maximum absolute atomic E-state index is 5.98. The largest absolute Gasteiger partial charge is 0.496 e. The number of ether oxygens (including phenoxy) is 1. The van der Waals surface area contributed by atoms with Crippen LogP contribution in [0.4, 0.5) is 11.4 Å². The van der Waals surface area contributed by atoms with Crippen molar-refractivity contribution in [2.45, 2.75) is 6.42 Å². The van der Waals surface area contributed by atoms with Gasteiger partial charge in [-0.2, -0.15) is 0 Å². The molecule has 0 aliphatic carbocycles. The normalized spacial score (nSPS) is 10.2. The van der Waals surface area contributed by atoms with Gasteiger partial charge < -0.3 is 15.4 Å². The number of methoxy groups -OCH3 is 1. The Morgan fingerprint density at radius 1 is 1.05 bits per heavy atom. The number of nitrogens with two attached hydrogens (primary N) is 1. The summed E-state index contributed by atoms with van der Waals surface area (Å²) in [6, 6.07) is 16.0. The van der Waals surface area contributed by atoms with Crippen molar-refractivity contribution in [2.24, 2.45) is 0 Å². The second-order valence-electron chi connectivity index (χ2n) is 4.54. The van der Waals surface area contributed by atoms with Crippen molar-refractivity contribution in [1.82, 2.24) is 0 Å². The number of nitrogens with zero attached hydrogens (tertiary/aromatic N) is 1. The fraction of sp³-hybridized carbons (Fsp3) is 0.250. The molecule has 0 aliphatic heterocycles. The molecule has 0 amide bonds. The lowest BCUT2D eigenvalue weighted by Gasteiger charge is -2.21. The summed E-state index contributed by atoms with van der Waals surface area (Å²) in [6.07, 6.45) is 0.925. The molecule has 0 atom stereocenters. The third-order valence-electron chi connectivity index (χ3n) is 3.26. The molecule has 0 radical (unpaired) electrons. The number of likely N-dealkylation sites (N-methyl/N-ethyl adjacent to an activating group) is 1. The van der Waals surface area contributed by atoms with Crippen LogP contribution in [-0.2, 0) is 6.42 Å². The summed E-state index contributed by atoms with van der Waals surface area (Å²) in [5, 5.41) is 0. The lowest BCUT2D eigenvalue weighted by molar-refractivity contribution is 0.409. The standard InChI is InChI=1S/C16H20N2O/c1-18(15-9-5-4-8-14(15)17)12-11-13-7-3-6-10-16(13)19-2/h3-10H,11-12,17H2,1-2H3. The number of para-hydroxylation sites is 3. The third-order valence-corrected chi connectivity index (χ3v) is 3.26. The van der Waals surface area contributed by atoms with Gasteiger partial charge in [0.2, 0.25) is 0 Å². The molecular weight excluding hydrogens is 236 g/mol. The molecule has 2 rings (SSSR count). The predicted molar refractivity (Wildman–Crippen MR) is 80.8 cm³/mol. The van der Waals surface area contributed by atoms with Crippen LogP contribution in [-0.4, -0.2) is 20.7 Å². The smallest absolute Gasteiger partial charge is 0.122 e. The van der Waals surface area contributed by atoms with Gasteiger partial charge in [0, 0.05) is 13.6 Å². The molecule has 0 fully saturated rings. The molecule has 0 heterocycles. The predicted octanol–water partition coefficient (Wildman–Crippen LogP) is 2.96. The molecule has 3 nitrogen and oxygen atoms in total. The lowest BCUT2D eigenvalue weighted by Crippen LogP contribution is -2.21. The fourth-order valence-electron chi connectivity index (χ4n) is 2.15. The van der Waals surface area contributed by atoms with Gasteiger partial charge in [0.25, 0.3) is 0 Å². The van der Waals surface area contributed by atoms with Gasteiger partial charge in [0.15, 0.2) is 0 Å². The number of rotatable bonds is 5. The van der Waals surface area contributed by atoms with E-state index < -0.39 is 0 Å². The summed E-state index contributed by atoms with van der Waals surface area (Å²) in [4.78, 5) is 2.17. The first-order valence-corrected chi connectivity index (χ1v) is 6.40. The van der Waals surface area contributed by atoms with Crippen molar-refractivity contribution in [1.29, 1.82) is 0 Å². The molecule has 0 saturated carbocycles. The highest BCUT2D eigenvalue weighted by atomic mass is 16.5. The molecule has 2 aromatic carbocycles. The molecule has 2 N–H and O–H groups in total. The number of hydrogen-bond acceptors (Lipinski definition) is 3. The number of anilines is 2. The summed E-state index contributed by atoms with van der Waals surface area (Å²) in [5.41, 5.74) is 9.07. The van der Waals surface area contributed by atoms with E-state index >= 15 is 0 Å². The molecule has 0 aliphatic rings. The van der Waals surface area contributed by atoms with Crippen LogP contribution in [0.5, 0.6) is 5.75 Å². The summed E-state index contributed by atoms with van der Waals surface area (Å²) in [5.74, 6) is 0.942. The minimum Gasteiger partial charge on any atom is -0.496 e. The molecule has 0 bridgehead atoms. The fourth-order valence-corrected chi connectivity index (χ4v) is 2.15. The first-order valence-electron chi connectivity index (χ1n) is 6.40. The summed E-state index contributed by atoms with van der Waals surface area (Å²) in [7, 11) is 3.76. The maximum Gasteiger partial charge on any atom is 0.122 e. The molecule has 19 heavy (non-hydrogen) atoms. The van der Waals surface area contributed by atoms with E-state index in [2.05, 4.69) is 18.0 Å². The Labute approximate surface area is 114 Å². The van der Waals surface area contributed by atoms with Crippen LogP contribution in [0, 0.1) is 0 Å². The van der Waals surface area contributed by atoms with Crippen LogP contribution in [0.2, 0.25) is 0 Å². The molecule has 100 valence electrons. The highest BCUT2D eigenvalue weighted by molar-refractivity contribution is 5.66. The molecule has 3 heteroatoms. The molecule has 2 aromatic rings. The van der Waals surface area contributed by atoms with Gasteiger partial charge in [0.05, 0.1) is 18.5 Å². The Kier molecular flexibility index (Phi) is 4.29. The van der Waals surface area contributed by atoms with Crippen molar-refractivity contribution in [2.75, 3.05) is 31.3 Å². The van der Waals surface area contributed by atoms with Crippen LogP contribution in [0.25, 0.3) is 0 Å². The second-order valence-corrected chi connectivity index (χ2v) is 4.54. The van der Waals surface area contributed by atoms with E-state index in [0.29, 0.717) is 0 Å². The van der Waals surface area contributed by atoms with Crippen LogP contribution in [0.3, 0.4) is 0 Å². The summed E-state index contributed by atoms with van der Waals surface area (Å²) >= 11 is 0.